The molecule has 0 N–H and O–H groups in total. The largest absolute Gasteiger partial charge is 0.455 e. The second kappa shape index (κ2) is 5.02. The van der Waals surface area contributed by atoms with Gasteiger partial charge in [0.15, 0.2) is 5.78 Å². The highest BCUT2D eigenvalue weighted by atomic mass is 35.5. The molecule has 0 aromatic heterocycles. The van der Waals surface area contributed by atoms with Gasteiger partial charge in [0.25, 0.3) is 0 Å². The van der Waals surface area contributed by atoms with Crippen LogP contribution < -0.4 is 4.74 Å². The van der Waals surface area contributed by atoms with Crippen molar-refractivity contribution in [3.8, 4) is 11.5 Å². The fourth-order valence-corrected chi connectivity index (χ4v) is 1.67. The Hall–Kier alpha value is -1.80. The number of carbonyl (C=O) groups excluding carboxylic acids is 1. The summed E-state index contributed by atoms with van der Waals surface area (Å²) in [5.74, 6) is 1.03. The molecule has 0 unspecified atom stereocenters. The third-order valence-electron chi connectivity index (χ3n) is 2.32. The predicted octanol–water partition coefficient (Wildman–Crippen LogP) is 4.33. The van der Waals surface area contributed by atoms with Gasteiger partial charge >= 0.3 is 0 Å². The standard InChI is InChI=1S/C14H11ClO2/c1-10(16)11-6-2-4-8-13(11)17-14-9-5-3-7-12(14)15/h2-9H,1H3. The summed E-state index contributed by atoms with van der Waals surface area (Å²) < 4.78 is 5.65. The smallest absolute Gasteiger partial charge is 0.163 e. The van der Waals surface area contributed by atoms with Gasteiger partial charge in [-0.2, -0.15) is 0 Å². The number of ketones is 1. The fraction of sp³-hybridized carbons (Fsp3) is 0.0714. The molecule has 0 atom stereocenters. The van der Waals surface area contributed by atoms with Gasteiger partial charge < -0.3 is 4.74 Å². The molecule has 3 heteroatoms. The molecule has 2 aromatic carbocycles. The Bertz CT molecular complexity index is 549. The zero-order valence-electron chi connectivity index (χ0n) is 9.31. The van der Waals surface area contributed by atoms with Gasteiger partial charge in [0, 0.05) is 0 Å². The summed E-state index contributed by atoms with van der Waals surface area (Å²) in [6.07, 6.45) is 0. The first-order valence-corrected chi connectivity index (χ1v) is 5.58. The van der Waals surface area contributed by atoms with E-state index in [0.717, 1.165) is 0 Å². The molecule has 0 saturated carbocycles. The summed E-state index contributed by atoms with van der Waals surface area (Å²) in [6, 6.07) is 14.3. The van der Waals surface area contributed by atoms with E-state index in [1.54, 1.807) is 30.3 Å². The van der Waals surface area contributed by atoms with Crippen LogP contribution in [0.2, 0.25) is 5.02 Å². The molecular weight excluding hydrogens is 236 g/mol. The van der Waals surface area contributed by atoms with Crippen LogP contribution in [0.1, 0.15) is 17.3 Å². The molecule has 17 heavy (non-hydrogen) atoms. The van der Waals surface area contributed by atoms with Crippen LogP contribution in [-0.4, -0.2) is 5.78 Å². The maximum atomic E-state index is 11.4. The van der Waals surface area contributed by atoms with Crippen molar-refractivity contribution in [3.63, 3.8) is 0 Å². The van der Waals surface area contributed by atoms with Gasteiger partial charge in [-0.25, -0.2) is 0 Å². The number of halogens is 1. The minimum atomic E-state index is -0.0346. The van der Waals surface area contributed by atoms with Crippen molar-refractivity contribution in [2.24, 2.45) is 0 Å². The Balaban J connectivity index is 2.37. The highest BCUT2D eigenvalue weighted by molar-refractivity contribution is 6.32. The molecule has 0 aliphatic rings. The Morgan fingerprint density at radius 3 is 2.24 bits per heavy atom. The number of hydrogen-bond acceptors (Lipinski definition) is 2. The fourth-order valence-electron chi connectivity index (χ4n) is 1.49. The molecule has 0 amide bonds. The van der Waals surface area contributed by atoms with Gasteiger partial charge in [-0.1, -0.05) is 35.9 Å². The first kappa shape index (κ1) is 11.7. The summed E-state index contributed by atoms with van der Waals surface area (Å²) in [6.45, 7) is 1.51. The highest BCUT2D eigenvalue weighted by Crippen LogP contribution is 2.30. The van der Waals surface area contributed by atoms with Gasteiger partial charge in [-0.15, -0.1) is 0 Å². The maximum Gasteiger partial charge on any atom is 0.163 e. The molecule has 0 saturated heterocycles. The van der Waals surface area contributed by atoms with E-state index in [4.69, 9.17) is 16.3 Å². The molecule has 0 aliphatic carbocycles. The van der Waals surface area contributed by atoms with E-state index in [2.05, 4.69) is 0 Å². The van der Waals surface area contributed by atoms with Gasteiger partial charge in [0.05, 0.1) is 10.6 Å². The SMILES string of the molecule is CC(=O)c1ccccc1Oc1ccccc1Cl. The molecule has 2 rings (SSSR count). The summed E-state index contributed by atoms with van der Waals surface area (Å²) in [5, 5.41) is 0.519. The topological polar surface area (TPSA) is 26.3 Å². The zero-order valence-corrected chi connectivity index (χ0v) is 10.1. The number of hydrogen-bond donors (Lipinski definition) is 0. The summed E-state index contributed by atoms with van der Waals surface area (Å²) in [4.78, 5) is 11.4. The van der Waals surface area contributed by atoms with Crippen molar-refractivity contribution < 1.29 is 9.53 Å². The van der Waals surface area contributed by atoms with Crippen LogP contribution in [0.4, 0.5) is 0 Å². The second-order valence-corrected chi connectivity index (χ2v) is 3.99. The molecule has 0 bridgehead atoms. The molecule has 2 nitrogen and oxygen atoms in total. The number of rotatable bonds is 3. The minimum absolute atomic E-state index is 0.0346. The molecular formula is C14H11ClO2. The lowest BCUT2D eigenvalue weighted by Gasteiger charge is -2.10. The first-order valence-electron chi connectivity index (χ1n) is 5.21. The average molecular weight is 247 g/mol. The molecule has 0 heterocycles. The first-order chi connectivity index (χ1) is 8.18. The lowest BCUT2D eigenvalue weighted by Crippen LogP contribution is -1.96. The molecule has 86 valence electrons. The Morgan fingerprint density at radius 1 is 1.00 bits per heavy atom. The van der Waals surface area contributed by atoms with Crippen molar-refractivity contribution in [2.45, 2.75) is 6.92 Å². The predicted molar refractivity (Wildman–Crippen MR) is 68.0 cm³/mol. The summed E-state index contributed by atoms with van der Waals surface area (Å²) in [7, 11) is 0. The number of Topliss-reactive ketones (excluding diaryl/α,β-unsaturated/α-hetero) is 1. The van der Waals surface area contributed by atoms with Crippen LogP contribution >= 0.6 is 11.6 Å². The maximum absolute atomic E-state index is 11.4. The molecule has 0 aliphatic heterocycles. The summed E-state index contributed by atoms with van der Waals surface area (Å²) in [5.41, 5.74) is 0.549. The molecule has 0 fully saturated rings. The van der Waals surface area contributed by atoms with Crippen molar-refractivity contribution in [2.75, 3.05) is 0 Å². The van der Waals surface area contributed by atoms with E-state index in [1.807, 2.05) is 18.2 Å². The summed E-state index contributed by atoms with van der Waals surface area (Å²) >= 11 is 6.00. The van der Waals surface area contributed by atoms with Crippen LogP contribution in [0, 0.1) is 0 Å². The van der Waals surface area contributed by atoms with Crippen LogP contribution in [0.3, 0.4) is 0 Å². The highest BCUT2D eigenvalue weighted by Gasteiger charge is 2.09. The van der Waals surface area contributed by atoms with E-state index in [0.29, 0.717) is 22.1 Å². The number of carbonyl (C=O) groups is 1. The van der Waals surface area contributed by atoms with E-state index >= 15 is 0 Å². The normalized spacial score (nSPS) is 10.0. The monoisotopic (exact) mass is 246 g/mol. The molecule has 2 aromatic rings. The minimum Gasteiger partial charge on any atom is -0.455 e. The Kier molecular flexibility index (Phi) is 3.45. The van der Waals surface area contributed by atoms with Crippen molar-refractivity contribution in [1.82, 2.24) is 0 Å². The van der Waals surface area contributed by atoms with Gasteiger partial charge in [-0.05, 0) is 31.2 Å². The lowest BCUT2D eigenvalue weighted by atomic mass is 10.1. The van der Waals surface area contributed by atoms with Crippen LogP contribution in [0.25, 0.3) is 0 Å². The average Bonchev–Trinajstić information content (AvgIpc) is 2.32. The molecule has 0 spiro atoms. The van der Waals surface area contributed by atoms with Crippen molar-refractivity contribution >= 4 is 17.4 Å². The number of benzene rings is 2. The third kappa shape index (κ3) is 2.66. The Labute approximate surface area is 105 Å². The van der Waals surface area contributed by atoms with E-state index in [1.165, 1.54) is 6.92 Å². The van der Waals surface area contributed by atoms with Crippen LogP contribution in [0.15, 0.2) is 48.5 Å². The van der Waals surface area contributed by atoms with E-state index in [-0.39, 0.29) is 5.78 Å². The zero-order chi connectivity index (χ0) is 12.3. The van der Waals surface area contributed by atoms with E-state index in [9.17, 15) is 4.79 Å². The Morgan fingerprint density at radius 2 is 1.59 bits per heavy atom. The van der Waals surface area contributed by atoms with Gasteiger partial charge in [0.1, 0.15) is 11.5 Å². The third-order valence-corrected chi connectivity index (χ3v) is 2.64. The molecule has 0 radical (unpaired) electrons. The lowest BCUT2D eigenvalue weighted by molar-refractivity contribution is 0.101. The van der Waals surface area contributed by atoms with E-state index < -0.39 is 0 Å². The van der Waals surface area contributed by atoms with Gasteiger partial charge in [-0.3, -0.25) is 4.79 Å². The van der Waals surface area contributed by atoms with Crippen LogP contribution in [-0.2, 0) is 0 Å². The second-order valence-electron chi connectivity index (χ2n) is 3.58. The van der Waals surface area contributed by atoms with Gasteiger partial charge in [0.2, 0.25) is 0 Å². The van der Waals surface area contributed by atoms with Crippen LogP contribution in [0.5, 0.6) is 11.5 Å². The number of ether oxygens (including phenoxy) is 1. The number of para-hydroxylation sites is 2. The van der Waals surface area contributed by atoms with Crippen molar-refractivity contribution in [1.29, 1.82) is 0 Å². The quantitative estimate of drug-likeness (QED) is 0.754. The van der Waals surface area contributed by atoms with Crippen molar-refractivity contribution in [3.05, 3.63) is 59.1 Å².